The summed E-state index contributed by atoms with van der Waals surface area (Å²) in [5.41, 5.74) is 1.94. The van der Waals surface area contributed by atoms with E-state index in [4.69, 9.17) is 9.47 Å². The zero-order chi connectivity index (χ0) is 21.6. The number of hydrogen-bond acceptors (Lipinski definition) is 6. The molecule has 3 aromatic rings. The van der Waals surface area contributed by atoms with Gasteiger partial charge in [-0.05, 0) is 54.6 Å². The minimum Gasteiger partial charge on any atom is -0.497 e. The largest absolute Gasteiger partial charge is 0.497 e. The predicted octanol–water partition coefficient (Wildman–Crippen LogP) is 2.23. The molecule has 158 valence electrons. The van der Waals surface area contributed by atoms with Crippen LogP contribution >= 0.6 is 0 Å². The van der Waals surface area contributed by atoms with Crippen molar-refractivity contribution in [3.8, 4) is 11.4 Å². The Balaban J connectivity index is 1.60. The number of rotatable bonds is 9. The molecule has 0 aliphatic heterocycles. The van der Waals surface area contributed by atoms with Gasteiger partial charge >= 0.3 is 0 Å². The Labute approximate surface area is 175 Å². The SMILES string of the molecule is COCCS(=O)(=O)c1ccc(C(=O)NCc2ccn(-c3ccc(OC)cc3)n2)cc1. The first kappa shape index (κ1) is 21.5. The number of methoxy groups -OCH3 is 2. The van der Waals surface area contributed by atoms with E-state index in [1.807, 2.05) is 36.5 Å². The smallest absolute Gasteiger partial charge is 0.251 e. The van der Waals surface area contributed by atoms with Crippen LogP contribution in [0.5, 0.6) is 5.75 Å². The van der Waals surface area contributed by atoms with Crippen molar-refractivity contribution in [3.63, 3.8) is 0 Å². The van der Waals surface area contributed by atoms with Crippen molar-refractivity contribution in [1.29, 1.82) is 0 Å². The topological polar surface area (TPSA) is 99.5 Å². The van der Waals surface area contributed by atoms with Crippen LogP contribution in [0.25, 0.3) is 5.69 Å². The lowest BCUT2D eigenvalue weighted by Gasteiger charge is -2.06. The molecule has 0 radical (unpaired) electrons. The Morgan fingerprint density at radius 3 is 2.37 bits per heavy atom. The van der Waals surface area contributed by atoms with Crippen LogP contribution in [0.4, 0.5) is 0 Å². The van der Waals surface area contributed by atoms with E-state index in [0.717, 1.165) is 11.4 Å². The van der Waals surface area contributed by atoms with Crippen molar-refractivity contribution in [2.75, 3.05) is 26.6 Å². The Morgan fingerprint density at radius 2 is 1.73 bits per heavy atom. The number of amides is 1. The Bertz CT molecular complexity index is 1090. The molecular formula is C21H23N3O5S. The van der Waals surface area contributed by atoms with Crippen molar-refractivity contribution in [2.24, 2.45) is 0 Å². The van der Waals surface area contributed by atoms with Gasteiger partial charge in [0.25, 0.3) is 5.91 Å². The molecule has 8 nitrogen and oxygen atoms in total. The molecule has 0 saturated carbocycles. The zero-order valence-electron chi connectivity index (χ0n) is 16.7. The lowest BCUT2D eigenvalue weighted by Crippen LogP contribution is -2.23. The molecule has 1 amide bonds. The highest BCUT2D eigenvalue weighted by molar-refractivity contribution is 7.91. The van der Waals surface area contributed by atoms with E-state index in [2.05, 4.69) is 10.4 Å². The van der Waals surface area contributed by atoms with Crippen molar-refractivity contribution in [2.45, 2.75) is 11.4 Å². The van der Waals surface area contributed by atoms with Gasteiger partial charge in [0.1, 0.15) is 5.75 Å². The lowest BCUT2D eigenvalue weighted by atomic mass is 10.2. The minimum atomic E-state index is -3.43. The van der Waals surface area contributed by atoms with Gasteiger partial charge in [0.15, 0.2) is 9.84 Å². The van der Waals surface area contributed by atoms with Gasteiger partial charge in [-0.15, -0.1) is 0 Å². The summed E-state index contributed by atoms with van der Waals surface area (Å²) in [6.07, 6.45) is 1.81. The normalized spacial score (nSPS) is 11.3. The van der Waals surface area contributed by atoms with Gasteiger partial charge < -0.3 is 14.8 Å². The summed E-state index contributed by atoms with van der Waals surface area (Å²) in [6.45, 7) is 0.365. The van der Waals surface area contributed by atoms with Gasteiger partial charge in [-0.25, -0.2) is 13.1 Å². The molecule has 2 aromatic carbocycles. The Kier molecular flexibility index (Phi) is 6.86. The summed E-state index contributed by atoms with van der Waals surface area (Å²) in [5.74, 6) is 0.345. The number of sulfone groups is 1. The maximum absolute atomic E-state index is 12.4. The summed E-state index contributed by atoms with van der Waals surface area (Å²) in [5, 5.41) is 7.23. The fraction of sp³-hybridized carbons (Fsp3) is 0.238. The van der Waals surface area contributed by atoms with Crippen LogP contribution in [0.15, 0.2) is 65.7 Å². The molecular weight excluding hydrogens is 406 g/mol. The third kappa shape index (κ3) is 5.25. The molecule has 0 atom stereocenters. The number of benzene rings is 2. The van der Waals surface area contributed by atoms with E-state index in [9.17, 15) is 13.2 Å². The minimum absolute atomic E-state index is 0.105. The van der Waals surface area contributed by atoms with Crippen LogP contribution in [0.1, 0.15) is 16.1 Å². The molecule has 30 heavy (non-hydrogen) atoms. The maximum atomic E-state index is 12.4. The number of ether oxygens (including phenoxy) is 2. The molecule has 1 heterocycles. The van der Waals surface area contributed by atoms with Crippen LogP contribution in [0.2, 0.25) is 0 Å². The van der Waals surface area contributed by atoms with Gasteiger partial charge in [0.05, 0.1) is 42.3 Å². The van der Waals surface area contributed by atoms with E-state index in [0.29, 0.717) is 11.3 Å². The monoisotopic (exact) mass is 429 g/mol. The van der Waals surface area contributed by atoms with Crippen molar-refractivity contribution in [3.05, 3.63) is 72.1 Å². The number of carbonyl (C=O) groups is 1. The second-order valence-electron chi connectivity index (χ2n) is 6.47. The molecule has 0 aliphatic rings. The van der Waals surface area contributed by atoms with Crippen molar-refractivity contribution < 1.29 is 22.7 Å². The summed E-state index contributed by atoms with van der Waals surface area (Å²) in [6, 6.07) is 15.1. The highest BCUT2D eigenvalue weighted by atomic mass is 32.2. The van der Waals surface area contributed by atoms with Gasteiger partial charge in [-0.3, -0.25) is 4.79 Å². The van der Waals surface area contributed by atoms with Gasteiger partial charge in [0, 0.05) is 18.9 Å². The van der Waals surface area contributed by atoms with Crippen LogP contribution in [0.3, 0.4) is 0 Å². The molecule has 1 aromatic heterocycles. The van der Waals surface area contributed by atoms with Crippen LogP contribution in [0, 0.1) is 0 Å². The van der Waals surface area contributed by atoms with Gasteiger partial charge in [0.2, 0.25) is 0 Å². The quantitative estimate of drug-likeness (QED) is 0.560. The first-order chi connectivity index (χ1) is 14.4. The first-order valence-electron chi connectivity index (χ1n) is 9.22. The zero-order valence-corrected chi connectivity index (χ0v) is 17.6. The standard InChI is InChI=1S/C21H23N3O5S/c1-28-13-14-30(26,27)20-9-3-16(4-10-20)21(25)22-15-17-11-12-24(23-17)18-5-7-19(29-2)8-6-18/h3-12H,13-15H2,1-2H3,(H,22,25). The third-order valence-electron chi connectivity index (χ3n) is 4.44. The van der Waals surface area contributed by atoms with Crippen LogP contribution < -0.4 is 10.1 Å². The Hall–Kier alpha value is -3.17. The molecule has 0 spiro atoms. The maximum Gasteiger partial charge on any atom is 0.251 e. The van der Waals surface area contributed by atoms with E-state index in [-0.39, 0.29) is 29.7 Å². The fourth-order valence-electron chi connectivity index (χ4n) is 2.73. The average molecular weight is 429 g/mol. The predicted molar refractivity (Wildman–Crippen MR) is 112 cm³/mol. The molecule has 0 bridgehead atoms. The number of hydrogen-bond donors (Lipinski definition) is 1. The van der Waals surface area contributed by atoms with E-state index >= 15 is 0 Å². The second-order valence-corrected chi connectivity index (χ2v) is 8.58. The Morgan fingerprint density at radius 1 is 1.03 bits per heavy atom. The van der Waals surface area contributed by atoms with Crippen molar-refractivity contribution in [1.82, 2.24) is 15.1 Å². The van der Waals surface area contributed by atoms with E-state index in [1.54, 1.807) is 11.8 Å². The van der Waals surface area contributed by atoms with Crippen LogP contribution in [-0.4, -0.2) is 50.7 Å². The summed E-state index contributed by atoms with van der Waals surface area (Å²) in [4.78, 5) is 12.5. The molecule has 0 saturated heterocycles. The molecule has 0 fully saturated rings. The van der Waals surface area contributed by atoms with E-state index in [1.165, 1.54) is 31.4 Å². The summed E-state index contributed by atoms with van der Waals surface area (Å²) in [7, 11) is -0.369. The number of aromatic nitrogens is 2. The van der Waals surface area contributed by atoms with Gasteiger partial charge in [-0.2, -0.15) is 5.10 Å². The summed E-state index contributed by atoms with van der Waals surface area (Å²) >= 11 is 0. The second kappa shape index (κ2) is 9.55. The molecule has 1 N–H and O–H groups in total. The lowest BCUT2D eigenvalue weighted by molar-refractivity contribution is 0.0950. The van der Waals surface area contributed by atoms with Gasteiger partial charge in [-0.1, -0.05) is 0 Å². The highest BCUT2D eigenvalue weighted by Crippen LogP contribution is 2.15. The molecule has 0 unspecified atom stereocenters. The van der Waals surface area contributed by atoms with E-state index < -0.39 is 9.84 Å². The molecule has 3 rings (SSSR count). The number of nitrogens with zero attached hydrogens (tertiary/aromatic N) is 2. The fourth-order valence-corrected chi connectivity index (χ4v) is 3.90. The van der Waals surface area contributed by atoms with Crippen LogP contribution in [-0.2, 0) is 21.1 Å². The number of nitrogens with one attached hydrogen (secondary N) is 1. The summed E-state index contributed by atoms with van der Waals surface area (Å²) < 4.78 is 36.0. The molecule has 9 heteroatoms. The highest BCUT2D eigenvalue weighted by Gasteiger charge is 2.15. The number of carbonyl (C=O) groups excluding carboxylic acids is 1. The van der Waals surface area contributed by atoms with Crippen molar-refractivity contribution >= 4 is 15.7 Å². The third-order valence-corrected chi connectivity index (χ3v) is 6.14. The average Bonchev–Trinajstić information content (AvgIpc) is 3.25. The molecule has 0 aliphatic carbocycles. The first-order valence-corrected chi connectivity index (χ1v) is 10.9.